The van der Waals surface area contributed by atoms with Crippen molar-refractivity contribution in [1.29, 1.82) is 0 Å². The Morgan fingerprint density at radius 1 is 1.35 bits per heavy atom. The van der Waals surface area contributed by atoms with Crippen molar-refractivity contribution >= 4 is 22.8 Å². The molecule has 0 bridgehead atoms. The summed E-state index contributed by atoms with van der Waals surface area (Å²) in [6.07, 6.45) is 0. The van der Waals surface area contributed by atoms with Crippen LogP contribution < -0.4 is 15.6 Å². The lowest BCUT2D eigenvalue weighted by Gasteiger charge is -2.15. The fourth-order valence-electron chi connectivity index (χ4n) is 2.25. The number of amides is 1. The first-order chi connectivity index (χ1) is 10.8. The molecule has 0 spiro atoms. The van der Waals surface area contributed by atoms with Gasteiger partial charge in [-0.05, 0) is 19.1 Å². The van der Waals surface area contributed by atoms with E-state index in [0.29, 0.717) is 5.52 Å². The van der Waals surface area contributed by atoms with Crippen LogP contribution in [0.15, 0.2) is 23.0 Å². The molecule has 1 atom stereocenters. The summed E-state index contributed by atoms with van der Waals surface area (Å²) in [6, 6.07) is 3.61. The van der Waals surface area contributed by atoms with Gasteiger partial charge in [0.2, 0.25) is 0 Å². The largest absolute Gasteiger partial charge is 0.506 e. The van der Waals surface area contributed by atoms with E-state index in [2.05, 4.69) is 5.32 Å². The van der Waals surface area contributed by atoms with E-state index in [1.807, 2.05) is 0 Å². The summed E-state index contributed by atoms with van der Waals surface area (Å²) in [4.78, 5) is 35.4. The highest BCUT2D eigenvalue weighted by atomic mass is 16.5. The predicted octanol–water partition coefficient (Wildman–Crippen LogP) is 0.456. The topological polar surface area (TPSA) is 118 Å². The van der Waals surface area contributed by atoms with Crippen LogP contribution in [0.5, 0.6) is 11.5 Å². The summed E-state index contributed by atoms with van der Waals surface area (Å²) in [5.41, 5.74) is -0.884. The fourth-order valence-corrected chi connectivity index (χ4v) is 2.25. The minimum Gasteiger partial charge on any atom is -0.506 e. The lowest BCUT2D eigenvalue weighted by atomic mass is 10.1. The summed E-state index contributed by atoms with van der Waals surface area (Å²) in [5.74, 6) is -2.48. The second kappa shape index (κ2) is 5.99. The molecular weight excluding hydrogens is 304 g/mol. The highest BCUT2D eigenvalue weighted by molar-refractivity contribution is 6.04. The van der Waals surface area contributed by atoms with Crippen molar-refractivity contribution in [2.75, 3.05) is 7.11 Å². The highest BCUT2D eigenvalue weighted by Crippen LogP contribution is 2.33. The molecule has 0 saturated heterocycles. The first-order valence-electron chi connectivity index (χ1n) is 6.72. The summed E-state index contributed by atoms with van der Waals surface area (Å²) in [5, 5.41) is 21.6. The van der Waals surface area contributed by atoms with E-state index in [1.165, 1.54) is 25.6 Å². The van der Waals surface area contributed by atoms with Crippen molar-refractivity contribution in [3.05, 3.63) is 34.1 Å². The molecule has 0 aliphatic carbocycles. The van der Waals surface area contributed by atoms with Gasteiger partial charge in [0.25, 0.3) is 11.5 Å². The van der Waals surface area contributed by atoms with Crippen LogP contribution in [0, 0.1) is 0 Å². The summed E-state index contributed by atoms with van der Waals surface area (Å²) < 4.78 is 6.35. The molecular formula is C15H16N2O6. The molecule has 0 aliphatic heterocycles. The van der Waals surface area contributed by atoms with Crippen LogP contribution >= 0.6 is 0 Å². The van der Waals surface area contributed by atoms with Gasteiger partial charge in [-0.1, -0.05) is 6.07 Å². The molecule has 0 aliphatic rings. The molecule has 1 amide bonds. The standard InChI is InChI=1S/C15H16N2O6/c1-7(15(21)22)16-13(19)11-12(18)10-8(17(2)14(11)20)5-4-6-9(10)23-3/h4-7,18H,1-3H3,(H,16,19)(H,21,22)/t7-/m0/s1. The smallest absolute Gasteiger partial charge is 0.325 e. The molecule has 2 rings (SSSR count). The number of aliphatic carboxylic acids is 1. The minimum absolute atomic E-state index is 0.199. The Kier molecular flexibility index (Phi) is 4.26. The number of methoxy groups -OCH3 is 1. The number of carbonyl (C=O) groups is 2. The van der Waals surface area contributed by atoms with E-state index in [4.69, 9.17) is 9.84 Å². The van der Waals surface area contributed by atoms with Crippen LogP contribution in [-0.2, 0) is 11.8 Å². The molecule has 1 aromatic heterocycles. The van der Waals surface area contributed by atoms with E-state index < -0.39 is 34.8 Å². The average molecular weight is 320 g/mol. The number of ether oxygens (including phenoxy) is 1. The second-order valence-corrected chi connectivity index (χ2v) is 4.98. The molecule has 8 nitrogen and oxygen atoms in total. The van der Waals surface area contributed by atoms with E-state index >= 15 is 0 Å². The normalized spacial score (nSPS) is 12.0. The van der Waals surface area contributed by atoms with Crippen molar-refractivity contribution in [1.82, 2.24) is 9.88 Å². The number of carbonyl (C=O) groups excluding carboxylic acids is 1. The highest BCUT2D eigenvalue weighted by Gasteiger charge is 2.25. The first kappa shape index (κ1) is 16.3. The Bertz CT molecular complexity index is 855. The van der Waals surface area contributed by atoms with Gasteiger partial charge in [0.05, 0.1) is 18.0 Å². The average Bonchev–Trinajstić information content (AvgIpc) is 2.51. The Labute approximate surface area is 130 Å². The Balaban J connectivity index is 2.72. The number of nitrogens with one attached hydrogen (secondary N) is 1. The van der Waals surface area contributed by atoms with Gasteiger partial charge in [0.15, 0.2) is 0 Å². The number of pyridine rings is 1. The monoisotopic (exact) mass is 320 g/mol. The number of benzene rings is 1. The molecule has 0 unspecified atom stereocenters. The molecule has 2 aromatic rings. The SMILES string of the molecule is COc1cccc2c1c(O)c(C(=O)N[C@@H](C)C(=O)O)c(=O)n2C. The van der Waals surface area contributed by atoms with Crippen LogP contribution in [0.1, 0.15) is 17.3 Å². The number of carboxylic acid groups (broad SMARTS) is 1. The number of rotatable bonds is 4. The molecule has 0 fully saturated rings. The van der Waals surface area contributed by atoms with Crippen molar-refractivity contribution in [2.24, 2.45) is 7.05 Å². The van der Waals surface area contributed by atoms with Gasteiger partial charge >= 0.3 is 5.97 Å². The first-order valence-corrected chi connectivity index (χ1v) is 6.72. The lowest BCUT2D eigenvalue weighted by Crippen LogP contribution is -2.41. The van der Waals surface area contributed by atoms with Gasteiger partial charge in [0.1, 0.15) is 23.1 Å². The van der Waals surface area contributed by atoms with E-state index in [9.17, 15) is 19.5 Å². The van der Waals surface area contributed by atoms with Gasteiger partial charge in [-0.25, -0.2) is 0 Å². The van der Waals surface area contributed by atoms with Gasteiger partial charge in [-0.15, -0.1) is 0 Å². The summed E-state index contributed by atoms with van der Waals surface area (Å²) in [7, 11) is 2.84. The molecule has 122 valence electrons. The zero-order valence-corrected chi connectivity index (χ0v) is 12.8. The Morgan fingerprint density at radius 3 is 2.57 bits per heavy atom. The molecule has 0 saturated carbocycles. The van der Waals surface area contributed by atoms with Crippen LogP contribution in [0.3, 0.4) is 0 Å². The number of hydrogen-bond donors (Lipinski definition) is 3. The molecule has 23 heavy (non-hydrogen) atoms. The number of hydrogen-bond acceptors (Lipinski definition) is 5. The van der Waals surface area contributed by atoms with Crippen LogP contribution in [-0.4, -0.2) is 39.8 Å². The summed E-state index contributed by atoms with van der Waals surface area (Å²) in [6.45, 7) is 1.25. The number of aryl methyl sites for hydroxylation is 1. The molecule has 0 radical (unpaired) electrons. The maximum absolute atomic E-state index is 12.3. The second-order valence-electron chi connectivity index (χ2n) is 4.98. The van der Waals surface area contributed by atoms with Crippen molar-refractivity contribution in [2.45, 2.75) is 13.0 Å². The minimum atomic E-state index is -1.26. The number of carboxylic acids is 1. The van der Waals surface area contributed by atoms with Crippen molar-refractivity contribution in [3.8, 4) is 11.5 Å². The zero-order valence-electron chi connectivity index (χ0n) is 12.8. The van der Waals surface area contributed by atoms with Crippen LogP contribution in [0.25, 0.3) is 10.9 Å². The van der Waals surface area contributed by atoms with E-state index in [0.717, 1.165) is 0 Å². The van der Waals surface area contributed by atoms with Gasteiger partial charge < -0.3 is 24.8 Å². The number of aromatic hydroxyl groups is 1. The van der Waals surface area contributed by atoms with E-state index in [-0.39, 0.29) is 11.1 Å². The zero-order chi connectivity index (χ0) is 17.3. The van der Waals surface area contributed by atoms with Gasteiger partial charge in [-0.2, -0.15) is 0 Å². The van der Waals surface area contributed by atoms with Crippen molar-refractivity contribution in [3.63, 3.8) is 0 Å². The number of fused-ring (bicyclic) bond motifs is 1. The maximum atomic E-state index is 12.3. The van der Waals surface area contributed by atoms with Crippen LogP contribution in [0.4, 0.5) is 0 Å². The quantitative estimate of drug-likeness (QED) is 0.753. The van der Waals surface area contributed by atoms with Gasteiger partial charge in [0, 0.05) is 7.05 Å². The Hall–Kier alpha value is -3.03. The predicted molar refractivity (Wildman–Crippen MR) is 82.0 cm³/mol. The summed E-state index contributed by atoms with van der Waals surface area (Å²) >= 11 is 0. The van der Waals surface area contributed by atoms with Crippen molar-refractivity contribution < 1.29 is 24.5 Å². The van der Waals surface area contributed by atoms with E-state index in [1.54, 1.807) is 18.2 Å². The molecule has 1 heterocycles. The van der Waals surface area contributed by atoms with Crippen LogP contribution in [0.2, 0.25) is 0 Å². The third kappa shape index (κ3) is 2.70. The maximum Gasteiger partial charge on any atom is 0.325 e. The molecule has 8 heteroatoms. The molecule has 3 N–H and O–H groups in total. The lowest BCUT2D eigenvalue weighted by molar-refractivity contribution is -0.138. The third-order valence-corrected chi connectivity index (χ3v) is 3.52. The Morgan fingerprint density at radius 2 is 2.00 bits per heavy atom. The molecule has 1 aromatic carbocycles. The fraction of sp³-hybridized carbons (Fsp3) is 0.267. The number of aromatic nitrogens is 1. The number of nitrogens with zero attached hydrogens (tertiary/aromatic N) is 1. The van der Waals surface area contributed by atoms with Gasteiger partial charge in [-0.3, -0.25) is 14.4 Å². The third-order valence-electron chi connectivity index (χ3n) is 3.52.